The van der Waals surface area contributed by atoms with Crippen molar-refractivity contribution >= 4 is 33.8 Å². The van der Waals surface area contributed by atoms with Crippen LogP contribution >= 0.6 is 0 Å². The molecule has 1 amide bonds. The predicted octanol–water partition coefficient (Wildman–Crippen LogP) is 5.66. The number of aromatic nitrogens is 5. The summed E-state index contributed by atoms with van der Waals surface area (Å²) in [5.74, 6) is 0.480. The number of amides is 1. The monoisotopic (exact) mass is 687 g/mol. The van der Waals surface area contributed by atoms with Crippen molar-refractivity contribution in [1.82, 2.24) is 34.9 Å². The molecular weight excluding hydrogens is 651 g/mol. The number of fused-ring (bicyclic) bond motifs is 2. The summed E-state index contributed by atoms with van der Waals surface area (Å²) < 4.78 is 54.5. The molecule has 2 atom stereocenters. The first-order chi connectivity index (χ1) is 24.2. The molecule has 0 spiro atoms. The van der Waals surface area contributed by atoms with Crippen molar-refractivity contribution < 1.29 is 27.4 Å². The first-order valence-electron chi connectivity index (χ1n) is 16.5. The molecule has 2 unspecified atom stereocenters. The fraction of sp³-hybridized carbons (Fsp3) is 0.400. The molecule has 2 fully saturated rings. The largest absolute Gasteiger partial charge is 0.462 e. The summed E-state index contributed by atoms with van der Waals surface area (Å²) in [7, 11) is 2.04. The molecule has 2 saturated heterocycles. The van der Waals surface area contributed by atoms with Gasteiger partial charge in [0.15, 0.2) is 5.82 Å². The maximum atomic E-state index is 14.2. The molecule has 50 heavy (non-hydrogen) atoms. The van der Waals surface area contributed by atoms with Crippen LogP contribution in [0.25, 0.3) is 21.9 Å². The van der Waals surface area contributed by atoms with Crippen molar-refractivity contribution in [3.8, 4) is 12.1 Å². The number of carbonyl (C=O) groups excluding carboxylic acids is 1. The summed E-state index contributed by atoms with van der Waals surface area (Å²) in [5.41, 5.74) is 2.17. The average molecular weight is 688 g/mol. The highest BCUT2D eigenvalue weighted by atomic mass is 19.4. The minimum absolute atomic E-state index is 0.0629. The Hall–Kier alpha value is -5.36. The summed E-state index contributed by atoms with van der Waals surface area (Å²) >= 11 is 0. The van der Waals surface area contributed by atoms with Crippen molar-refractivity contribution in [3.05, 3.63) is 77.1 Å². The van der Waals surface area contributed by atoms with E-state index in [1.165, 1.54) is 12.3 Å². The van der Waals surface area contributed by atoms with Gasteiger partial charge in [0.1, 0.15) is 24.2 Å². The zero-order chi connectivity index (χ0) is 34.8. The van der Waals surface area contributed by atoms with Crippen molar-refractivity contribution in [2.75, 3.05) is 44.7 Å². The lowest BCUT2D eigenvalue weighted by Gasteiger charge is -2.40. The van der Waals surface area contributed by atoms with E-state index in [0.717, 1.165) is 31.0 Å². The highest BCUT2D eigenvalue weighted by Gasteiger charge is 2.36. The molecule has 260 valence electrons. The van der Waals surface area contributed by atoms with Gasteiger partial charge in [0.25, 0.3) is 0 Å². The highest BCUT2D eigenvalue weighted by molar-refractivity contribution is 5.91. The molecule has 2 N–H and O–H groups in total. The Kier molecular flexibility index (Phi) is 9.20. The van der Waals surface area contributed by atoms with Crippen molar-refractivity contribution in [3.63, 3.8) is 0 Å². The molecule has 0 saturated carbocycles. The second kappa shape index (κ2) is 13.9. The lowest BCUT2D eigenvalue weighted by molar-refractivity contribution is -0.138. The van der Waals surface area contributed by atoms with Crippen LogP contribution in [0.5, 0.6) is 6.01 Å². The van der Waals surface area contributed by atoms with Crippen LogP contribution in [-0.4, -0.2) is 93.0 Å². The van der Waals surface area contributed by atoms with Crippen molar-refractivity contribution in [1.29, 1.82) is 5.26 Å². The number of nitrogens with one attached hydrogen (secondary N) is 2. The molecule has 0 bridgehead atoms. The number of H-pyrrole nitrogens is 2. The van der Waals surface area contributed by atoms with Crippen LogP contribution in [0.2, 0.25) is 0 Å². The summed E-state index contributed by atoms with van der Waals surface area (Å²) in [6.07, 6.45) is -0.0277. The van der Waals surface area contributed by atoms with Gasteiger partial charge in [-0.15, -0.1) is 0 Å². The maximum Gasteiger partial charge on any atom is 0.416 e. The van der Waals surface area contributed by atoms with Gasteiger partial charge < -0.3 is 29.2 Å². The standard InChI is InChI=1S/C35H36F3N9O3/c1-45-13-5-8-25(45)21-49-33-42-30-23(16-26-27-18-41-44-29(27)10-9-28(26)35(36,37)38)17-40-31(30)32(43-33)46-14-15-47(24(19-46)11-12-39)34(48)50-20-22-6-3-2-4-7-22/h2-4,6-7,9-10,17-18,24-25,40H,5,8,11,13-16,19-21H2,1H3,(H,41,44). The summed E-state index contributed by atoms with van der Waals surface area (Å²) in [5, 5.41) is 16.8. The molecule has 2 aliphatic heterocycles. The number of halogens is 3. The number of anilines is 1. The SMILES string of the molecule is CN1CCCC1COc1nc(N2CCN(C(=O)OCc3ccccc3)C(CC#N)C2)c2[nH]cc(Cc3c(C(F)(F)F)ccc4[nH]ncc34)c2n1. The van der Waals surface area contributed by atoms with E-state index in [4.69, 9.17) is 19.4 Å². The Morgan fingerprint density at radius 3 is 2.70 bits per heavy atom. The number of hydrogen-bond acceptors (Lipinski definition) is 9. The second-order valence-electron chi connectivity index (χ2n) is 12.7. The third kappa shape index (κ3) is 6.75. The molecule has 3 aromatic heterocycles. The fourth-order valence-corrected chi connectivity index (χ4v) is 6.90. The van der Waals surface area contributed by atoms with Gasteiger partial charge in [-0.05, 0) is 49.7 Å². The van der Waals surface area contributed by atoms with E-state index in [0.29, 0.717) is 46.5 Å². The van der Waals surface area contributed by atoms with Gasteiger partial charge >= 0.3 is 18.3 Å². The van der Waals surface area contributed by atoms with Crippen molar-refractivity contribution in [2.24, 2.45) is 0 Å². The number of piperazine rings is 1. The molecule has 5 heterocycles. The van der Waals surface area contributed by atoms with Gasteiger partial charge in [0.2, 0.25) is 0 Å². The normalized spacial score (nSPS) is 18.5. The van der Waals surface area contributed by atoms with Crippen LogP contribution in [-0.2, 0) is 23.9 Å². The Morgan fingerprint density at radius 2 is 1.94 bits per heavy atom. The van der Waals surface area contributed by atoms with E-state index in [1.54, 1.807) is 11.1 Å². The van der Waals surface area contributed by atoms with Gasteiger partial charge in [-0.1, -0.05) is 30.3 Å². The van der Waals surface area contributed by atoms with Crippen LogP contribution in [0.15, 0.2) is 54.9 Å². The topological polar surface area (TPSA) is 139 Å². The van der Waals surface area contributed by atoms with E-state index < -0.39 is 23.9 Å². The zero-order valence-electron chi connectivity index (χ0n) is 27.4. The fourth-order valence-electron chi connectivity index (χ4n) is 6.90. The van der Waals surface area contributed by atoms with E-state index in [1.807, 2.05) is 42.3 Å². The zero-order valence-corrected chi connectivity index (χ0v) is 27.4. The third-order valence-electron chi connectivity index (χ3n) is 9.60. The number of nitriles is 1. The van der Waals surface area contributed by atoms with Crippen LogP contribution < -0.4 is 9.64 Å². The number of likely N-dealkylation sites (tertiary alicyclic amines) is 1. The van der Waals surface area contributed by atoms with Gasteiger partial charge in [-0.2, -0.15) is 33.5 Å². The number of rotatable bonds is 9. The Labute approximate surface area is 285 Å². The molecule has 5 aromatic rings. The van der Waals surface area contributed by atoms with E-state index in [-0.39, 0.29) is 50.2 Å². The van der Waals surface area contributed by atoms with E-state index in [9.17, 15) is 23.2 Å². The Morgan fingerprint density at radius 1 is 1.10 bits per heavy atom. The number of benzene rings is 2. The lowest BCUT2D eigenvalue weighted by atomic mass is 9.97. The predicted molar refractivity (Wildman–Crippen MR) is 179 cm³/mol. The molecule has 2 aliphatic rings. The summed E-state index contributed by atoms with van der Waals surface area (Å²) in [4.78, 5) is 31.7. The third-order valence-corrected chi connectivity index (χ3v) is 9.60. The maximum absolute atomic E-state index is 14.2. The minimum atomic E-state index is -4.58. The first-order valence-corrected chi connectivity index (χ1v) is 16.5. The quantitative estimate of drug-likeness (QED) is 0.201. The van der Waals surface area contributed by atoms with Crippen LogP contribution in [0.1, 0.15) is 41.5 Å². The van der Waals surface area contributed by atoms with Crippen LogP contribution in [0, 0.1) is 11.3 Å². The van der Waals surface area contributed by atoms with E-state index >= 15 is 0 Å². The molecule has 2 aromatic carbocycles. The summed E-state index contributed by atoms with van der Waals surface area (Å²) in [6, 6.07) is 13.8. The number of nitrogens with zero attached hydrogens (tertiary/aromatic N) is 7. The van der Waals surface area contributed by atoms with Crippen LogP contribution in [0.4, 0.5) is 23.8 Å². The van der Waals surface area contributed by atoms with Gasteiger partial charge in [0.05, 0.1) is 35.8 Å². The molecule has 0 radical (unpaired) electrons. The molecule has 15 heteroatoms. The average Bonchev–Trinajstić information content (AvgIpc) is 3.86. The molecule has 12 nitrogen and oxygen atoms in total. The Bertz CT molecular complexity index is 2020. The van der Waals surface area contributed by atoms with Gasteiger partial charge in [0, 0.05) is 49.2 Å². The first kappa shape index (κ1) is 33.2. The highest BCUT2D eigenvalue weighted by Crippen LogP contribution is 2.38. The van der Waals surface area contributed by atoms with E-state index in [2.05, 4.69) is 26.2 Å². The Balaban J connectivity index is 1.21. The van der Waals surface area contributed by atoms with Gasteiger partial charge in [-0.3, -0.25) is 5.10 Å². The second-order valence-corrected chi connectivity index (χ2v) is 12.7. The number of likely N-dealkylation sites (N-methyl/N-ethyl adjacent to an activating group) is 1. The van der Waals surface area contributed by atoms with Crippen molar-refractivity contribution in [2.45, 2.75) is 50.6 Å². The lowest BCUT2D eigenvalue weighted by Crippen LogP contribution is -2.55. The van der Waals surface area contributed by atoms with Gasteiger partial charge in [-0.25, -0.2) is 4.79 Å². The smallest absolute Gasteiger partial charge is 0.416 e. The number of aromatic amines is 2. The molecule has 7 rings (SSSR count). The molecule has 0 aliphatic carbocycles. The number of carbonyl (C=O) groups is 1. The number of ether oxygens (including phenoxy) is 2. The minimum Gasteiger partial charge on any atom is -0.462 e. The van der Waals surface area contributed by atoms with Crippen LogP contribution in [0.3, 0.4) is 0 Å². The summed E-state index contributed by atoms with van der Waals surface area (Å²) in [6.45, 7) is 2.31. The number of alkyl halides is 3. The molecular formula is C35H36F3N9O3. The number of hydrogen-bond donors (Lipinski definition) is 2.